The summed E-state index contributed by atoms with van der Waals surface area (Å²) in [5.74, 6) is 0. The summed E-state index contributed by atoms with van der Waals surface area (Å²) in [6.45, 7) is 6.11. The van der Waals surface area contributed by atoms with Gasteiger partial charge < -0.3 is 10.2 Å². The number of hydrogen-bond acceptors (Lipinski definition) is 4. The molecule has 3 N–H and O–H groups in total. The molecule has 0 rings (SSSR count). The van der Waals surface area contributed by atoms with Gasteiger partial charge in [-0.05, 0) is 20.3 Å². The molecule has 0 aromatic rings. The van der Waals surface area contributed by atoms with E-state index in [4.69, 9.17) is 0 Å². The molecule has 4 heteroatoms. The van der Waals surface area contributed by atoms with Crippen molar-refractivity contribution in [2.45, 2.75) is 46.1 Å². The van der Waals surface area contributed by atoms with Gasteiger partial charge >= 0.3 is 0 Å². The fourth-order valence-corrected chi connectivity index (χ4v) is 0.961. The molecule has 2 atom stereocenters. The van der Waals surface area contributed by atoms with Crippen molar-refractivity contribution in [1.29, 1.82) is 0 Å². The zero-order valence-corrected chi connectivity index (χ0v) is 8.12. The van der Waals surface area contributed by atoms with E-state index in [1.54, 1.807) is 13.8 Å². The summed E-state index contributed by atoms with van der Waals surface area (Å²) in [5, 5.41) is 19.8. The van der Waals surface area contributed by atoms with Crippen molar-refractivity contribution in [3.8, 4) is 0 Å². The van der Waals surface area contributed by atoms with Crippen LogP contribution in [0, 0.1) is 0 Å². The molecule has 0 aliphatic rings. The van der Waals surface area contributed by atoms with Gasteiger partial charge in [-0.1, -0.05) is 13.3 Å². The third-order valence-corrected chi connectivity index (χ3v) is 1.63. The van der Waals surface area contributed by atoms with Gasteiger partial charge in [0.25, 0.3) is 0 Å². The molecule has 12 heavy (non-hydrogen) atoms. The number of unbranched alkanes of at least 4 members (excludes halogenated alkanes) is 1. The average Bonchev–Trinajstić information content (AvgIpc) is 1.96. The molecular weight excluding hydrogens is 156 g/mol. The Hall–Kier alpha value is -0.160. The Morgan fingerprint density at radius 2 is 1.75 bits per heavy atom. The standard InChI is InChI=1S/C8H20N2O2/c1-4-5-6-9-10(7(2)11)8(3)12/h7-9,11-12H,4-6H2,1-3H3. The smallest absolute Gasteiger partial charge is 0.119 e. The summed E-state index contributed by atoms with van der Waals surface area (Å²) in [6.07, 6.45) is 0.805. The molecule has 0 saturated heterocycles. The Bertz CT molecular complexity index is 99.2. The lowest BCUT2D eigenvalue weighted by atomic mass is 10.3. The van der Waals surface area contributed by atoms with Crippen LogP contribution in [0.3, 0.4) is 0 Å². The number of rotatable bonds is 6. The molecule has 0 heterocycles. The zero-order valence-electron chi connectivity index (χ0n) is 8.12. The molecule has 2 unspecified atom stereocenters. The largest absolute Gasteiger partial charge is 0.377 e. The van der Waals surface area contributed by atoms with E-state index in [0.29, 0.717) is 0 Å². The van der Waals surface area contributed by atoms with Gasteiger partial charge in [-0.15, -0.1) is 0 Å². The lowest BCUT2D eigenvalue weighted by Gasteiger charge is -2.28. The maximum Gasteiger partial charge on any atom is 0.119 e. The zero-order chi connectivity index (χ0) is 9.56. The predicted octanol–water partition coefficient (Wildman–Crippen LogP) is 0.270. The average molecular weight is 176 g/mol. The number of aliphatic hydroxyl groups excluding tert-OH is 2. The van der Waals surface area contributed by atoms with Crippen molar-refractivity contribution < 1.29 is 10.2 Å². The van der Waals surface area contributed by atoms with Gasteiger partial charge in [0.2, 0.25) is 0 Å². The minimum atomic E-state index is -0.665. The van der Waals surface area contributed by atoms with E-state index in [9.17, 15) is 10.2 Å². The van der Waals surface area contributed by atoms with E-state index in [1.807, 2.05) is 0 Å². The number of hydrazine groups is 1. The van der Waals surface area contributed by atoms with Gasteiger partial charge in [-0.2, -0.15) is 5.01 Å². The summed E-state index contributed by atoms with van der Waals surface area (Å²) < 4.78 is 0. The topological polar surface area (TPSA) is 55.7 Å². The summed E-state index contributed by atoms with van der Waals surface area (Å²) in [7, 11) is 0. The molecule has 0 aromatic heterocycles. The lowest BCUT2D eigenvalue weighted by Crippen LogP contribution is -2.49. The van der Waals surface area contributed by atoms with E-state index < -0.39 is 12.5 Å². The Labute approximate surface area is 74.2 Å². The van der Waals surface area contributed by atoms with Gasteiger partial charge in [0.05, 0.1) is 0 Å². The normalized spacial score (nSPS) is 16.5. The second-order valence-corrected chi connectivity index (χ2v) is 2.93. The number of nitrogens with zero attached hydrogens (tertiary/aromatic N) is 1. The van der Waals surface area contributed by atoms with Crippen LogP contribution in [0.1, 0.15) is 33.6 Å². The summed E-state index contributed by atoms with van der Waals surface area (Å²) >= 11 is 0. The first kappa shape index (κ1) is 11.8. The van der Waals surface area contributed by atoms with Crippen LogP contribution in [0.2, 0.25) is 0 Å². The van der Waals surface area contributed by atoms with Crippen LogP contribution in [0.4, 0.5) is 0 Å². The Morgan fingerprint density at radius 3 is 2.08 bits per heavy atom. The highest BCUT2D eigenvalue weighted by Crippen LogP contribution is 1.96. The van der Waals surface area contributed by atoms with Crippen molar-refractivity contribution in [2.24, 2.45) is 0 Å². The van der Waals surface area contributed by atoms with Crippen molar-refractivity contribution in [3.63, 3.8) is 0 Å². The first-order valence-corrected chi connectivity index (χ1v) is 4.47. The molecule has 0 bridgehead atoms. The second kappa shape index (κ2) is 6.37. The van der Waals surface area contributed by atoms with E-state index in [1.165, 1.54) is 5.01 Å². The molecule has 0 amide bonds. The van der Waals surface area contributed by atoms with E-state index in [0.717, 1.165) is 19.4 Å². The summed E-state index contributed by atoms with van der Waals surface area (Å²) in [6, 6.07) is 0. The molecule has 0 radical (unpaired) electrons. The van der Waals surface area contributed by atoms with Crippen molar-refractivity contribution in [2.75, 3.05) is 6.54 Å². The molecule has 0 aliphatic carbocycles. The van der Waals surface area contributed by atoms with Crippen LogP contribution in [0.5, 0.6) is 0 Å². The Kier molecular flexibility index (Phi) is 6.28. The van der Waals surface area contributed by atoms with Crippen molar-refractivity contribution in [3.05, 3.63) is 0 Å². The second-order valence-electron chi connectivity index (χ2n) is 2.93. The van der Waals surface area contributed by atoms with Gasteiger partial charge in [0.15, 0.2) is 0 Å². The van der Waals surface area contributed by atoms with Gasteiger partial charge in [-0.3, -0.25) is 5.43 Å². The quantitative estimate of drug-likeness (QED) is 0.309. The monoisotopic (exact) mass is 176 g/mol. The molecule has 0 saturated carbocycles. The fourth-order valence-electron chi connectivity index (χ4n) is 0.961. The maximum atomic E-state index is 9.19. The third kappa shape index (κ3) is 4.66. The van der Waals surface area contributed by atoms with Crippen LogP contribution in [-0.2, 0) is 0 Å². The third-order valence-electron chi connectivity index (χ3n) is 1.63. The van der Waals surface area contributed by atoms with Crippen molar-refractivity contribution in [1.82, 2.24) is 10.4 Å². The Morgan fingerprint density at radius 1 is 1.25 bits per heavy atom. The number of aliphatic hydroxyl groups is 2. The molecular formula is C8H20N2O2. The van der Waals surface area contributed by atoms with Gasteiger partial charge in [-0.25, -0.2) is 0 Å². The minimum absolute atomic E-state index is 0.665. The fraction of sp³-hybridized carbons (Fsp3) is 1.00. The number of nitrogens with one attached hydrogen (secondary N) is 1. The highest BCUT2D eigenvalue weighted by atomic mass is 16.3. The molecule has 0 aliphatic heterocycles. The predicted molar refractivity (Wildman–Crippen MR) is 48.1 cm³/mol. The molecule has 0 fully saturated rings. The van der Waals surface area contributed by atoms with Crippen LogP contribution in [-0.4, -0.2) is 34.2 Å². The van der Waals surface area contributed by atoms with Gasteiger partial charge in [0, 0.05) is 6.54 Å². The van der Waals surface area contributed by atoms with Crippen molar-refractivity contribution >= 4 is 0 Å². The molecule has 0 aromatic carbocycles. The van der Waals surface area contributed by atoms with Crippen LogP contribution >= 0.6 is 0 Å². The number of hydrogen-bond donors (Lipinski definition) is 3. The maximum absolute atomic E-state index is 9.19. The first-order valence-electron chi connectivity index (χ1n) is 4.47. The van der Waals surface area contributed by atoms with Crippen LogP contribution in [0.15, 0.2) is 0 Å². The summed E-state index contributed by atoms with van der Waals surface area (Å²) in [5.41, 5.74) is 2.95. The molecule has 74 valence electrons. The minimum Gasteiger partial charge on any atom is -0.377 e. The molecule has 4 nitrogen and oxygen atoms in total. The molecule has 0 spiro atoms. The van der Waals surface area contributed by atoms with E-state index in [-0.39, 0.29) is 0 Å². The van der Waals surface area contributed by atoms with Crippen LogP contribution in [0.25, 0.3) is 0 Å². The van der Waals surface area contributed by atoms with E-state index >= 15 is 0 Å². The van der Waals surface area contributed by atoms with Gasteiger partial charge in [0.1, 0.15) is 12.5 Å². The highest BCUT2D eigenvalue weighted by Gasteiger charge is 2.14. The lowest BCUT2D eigenvalue weighted by molar-refractivity contribution is -0.116. The Balaban J connectivity index is 3.64. The first-order chi connectivity index (χ1) is 5.59. The highest BCUT2D eigenvalue weighted by molar-refractivity contribution is 4.53. The summed E-state index contributed by atoms with van der Waals surface area (Å²) in [4.78, 5) is 0. The SMILES string of the molecule is CCCCNN(C(C)O)C(C)O. The van der Waals surface area contributed by atoms with Crippen LogP contribution < -0.4 is 5.43 Å². The van der Waals surface area contributed by atoms with E-state index in [2.05, 4.69) is 12.3 Å².